The molecule has 17 heavy (non-hydrogen) atoms. The second-order valence-electron chi connectivity index (χ2n) is 5.05. The lowest BCUT2D eigenvalue weighted by molar-refractivity contribution is -0.136. The summed E-state index contributed by atoms with van der Waals surface area (Å²) in [4.78, 5) is 12.4. The highest BCUT2D eigenvalue weighted by Gasteiger charge is 2.47. The van der Waals surface area contributed by atoms with Crippen LogP contribution >= 0.6 is 22.6 Å². The molecule has 0 spiro atoms. The van der Waals surface area contributed by atoms with Crippen molar-refractivity contribution >= 4 is 28.4 Å². The van der Waals surface area contributed by atoms with Gasteiger partial charge in [-0.1, -0.05) is 12.5 Å². The lowest BCUT2D eigenvalue weighted by Crippen LogP contribution is -2.47. The number of hydrogen-bond donors (Lipinski definition) is 1. The first-order valence-corrected chi connectivity index (χ1v) is 6.97. The van der Waals surface area contributed by atoms with Crippen LogP contribution in [0.3, 0.4) is 0 Å². The Morgan fingerprint density at radius 2 is 2.06 bits per heavy atom. The van der Waals surface area contributed by atoms with Gasteiger partial charge in [-0.05, 0) is 67.0 Å². The summed E-state index contributed by atoms with van der Waals surface area (Å²) in [5, 5.41) is 10.4. The van der Waals surface area contributed by atoms with E-state index in [0.29, 0.717) is 5.57 Å². The molecule has 0 heterocycles. The smallest absolute Gasteiger partial charge is 0.195 e. The van der Waals surface area contributed by atoms with Gasteiger partial charge in [-0.3, -0.25) is 4.79 Å². The monoisotopic (exact) mass is 344 g/mol. The van der Waals surface area contributed by atoms with E-state index >= 15 is 0 Å². The molecule has 1 unspecified atom stereocenters. The van der Waals surface area contributed by atoms with Gasteiger partial charge in [0.2, 0.25) is 0 Å². The van der Waals surface area contributed by atoms with Crippen LogP contribution in [0.2, 0.25) is 0 Å². The number of ketones is 1. The number of Topliss-reactive ketones (excluding diaryl/α,β-unsaturated/α-hetero) is 1. The highest BCUT2D eigenvalue weighted by atomic mass is 127. The van der Waals surface area contributed by atoms with Crippen molar-refractivity contribution in [1.29, 1.82) is 0 Å². The predicted molar refractivity (Wildman–Crippen MR) is 76.9 cm³/mol. The summed E-state index contributed by atoms with van der Waals surface area (Å²) in [6.45, 7) is 7.71. The van der Waals surface area contributed by atoms with E-state index in [1.807, 2.05) is 26.8 Å². The molecule has 0 saturated heterocycles. The van der Waals surface area contributed by atoms with Gasteiger partial charge in [-0.25, -0.2) is 0 Å². The van der Waals surface area contributed by atoms with E-state index in [1.54, 1.807) is 6.92 Å². The molecule has 92 valence electrons. The van der Waals surface area contributed by atoms with Crippen LogP contribution in [0.4, 0.5) is 0 Å². The van der Waals surface area contributed by atoms with E-state index in [0.717, 1.165) is 26.7 Å². The normalized spacial score (nSPS) is 33.2. The largest absolute Gasteiger partial charge is 0.381 e. The minimum Gasteiger partial charge on any atom is -0.381 e. The zero-order valence-corrected chi connectivity index (χ0v) is 12.8. The van der Waals surface area contributed by atoms with Crippen molar-refractivity contribution in [2.24, 2.45) is 5.92 Å². The van der Waals surface area contributed by atoms with Gasteiger partial charge < -0.3 is 5.11 Å². The first-order chi connectivity index (χ1) is 7.82. The molecular weight excluding hydrogens is 327 g/mol. The SMILES string of the molecule is CCC1C(C)=C2C(=CC(C)=C2I)C(=O)[C@]1(C)O. The third-order valence-electron chi connectivity index (χ3n) is 3.90. The molecule has 0 bridgehead atoms. The fourth-order valence-electron chi connectivity index (χ4n) is 2.96. The molecule has 0 aromatic rings. The number of carbonyl (C=O) groups is 1. The standard InChI is InChI=1S/C14H17IO2/c1-5-10-8(3)11-9(6-7(2)12(11)15)13(16)14(10,4)17/h6,10,17H,5H2,1-4H3/t10?,14-/m1/s1. The van der Waals surface area contributed by atoms with Crippen LogP contribution in [0.1, 0.15) is 34.1 Å². The molecular formula is C14H17IO2. The molecule has 0 aromatic carbocycles. The molecule has 0 saturated carbocycles. The molecule has 2 rings (SSSR count). The van der Waals surface area contributed by atoms with Gasteiger partial charge in [0.05, 0.1) is 0 Å². The Labute approximate surface area is 116 Å². The number of hydrogen-bond acceptors (Lipinski definition) is 2. The van der Waals surface area contributed by atoms with Crippen LogP contribution in [0, 0.1) is 5.92 Å². The van der Waals surface area contributed by atoms with E-state index in [4.69, 9.17) is 0 Å². The maximum absolute atomic E-state index is 12.4. The molecule has 0 radical (unpaired) electrons. The van der Waals surface area contributed by atoms with Crippen LogP contribution in [0.25, 0.3) is 0 Å². The summed E-state index contributed by atoms with van der Waals surface area (Å²) >= 11 is 2.29. The average molecular weight is 344 g/mol. The summed E-state index contributed by atoms with van der Waals surface area (Å²) in [5.74, 6) is -0.200. The van der Waals surface area contributed by atoms with Crippen molar-refractivity contribution in [3.8, 4) is 0 Å². The topological polar surface area (TPSA) is 37.3 Å². The lowest BCUT2D eigenvalue weighted by atomic mass is 9.70. The van der Waals surface area contributed by atoms with Gasteiger partial charge >= 0.3 is 0 Å². The number of aliphatic hydroxyl groups is 1. The number of halogens is 1. The Morgan fingerprint density at radius 1 is 1.47 bits per heavy atom. The van der Waals surface area contributed by atoms with E-state index in [-0.39, 0.29) is 11.7 Å². The van der Waals surface area contributed by atoms with E-state index < -0.39 is 5.60 Å². The molecule has 0 aromatic heterocycles. The van der Waals surface area contributed by atoms with E-state index in [9.17, 15) is 9.90 Å². The Balaban J connectivity index is 2.69. The molecule has 2 nitrogen and oxygen atoms in total. The number of fused-ring (bicyclic) bond motifs is 1. The fraction of sp³-hybridized carbons (Fsp3) is 0.500. The van der Waals surface area contributed by atoms with Crippen molar-refractivity contribution in [2.45, 2.75) is 39.7 Å². The van der Waals surface area contributed by atoms with Crippen LogP contribution in [-0.2, 0) is 4.79 Å². The maximum atomic E-state index is 12.4. The Morgan fingerprint density at radius 3 is 2.59 bits per heavy atom. The summed E-state index contributed by atoms with van der Waals surface area (Å²) in [7, 11) is 0. The van der Waals surface area contributed by atoms with Gasteiger partial charge in [0, 0.05) is 15.1 Å². The molecule has 3 heteroatoms. The molecule has 1 N–H and O–H groups in total. The predicted octanol–water partition coefficient (Wildman–Crippen LogP) is 3.31. The van der Waals surface area contributed by atoms with E-state index in [1.165, 1.54) is 0 Å². The Hall–Kier alpha value is -0.420. The Bertz CT molecular complexity index is 492. The minimum absolute atomic E-state index is 0.0715. The number of allylic oxidation sites excluding steroid dienone is 4. The highest BCUT2D eigenvalue weighted by Crippen LogP contribution is 2.48. The van der Waals surface area contributed by atoms with Gasteiger partial charge in [-0.15, -0.1) is 0 Å². The molecule has 0 fully saturated rings. The lowest BCUT2D eigenvalue weighted by Gasteiger charge is -2.37. The van der Waals surface area contributed by atoms with Crippen molar-refractivity contribution in [3.05, 3.63) is 31.9 Å². The third-order valence-corrected chi connectivity index (χ3v) is 5.29. The quantitative estimate of drug-likeness (QED) is 0.741. The molecule has 2 aliphatic carbocycles. The zero-order chi connectivity index (χ0) is 13.0. The summed E-state index contributed by atoms with van der Waals surface area (Å²) in [5.41, 5.74) is 2.77. The first kappa shape index (κ1) is 13.0. The van der Waals surface area contributed by atoms with Crippen molar-refractivity contribution in [2.75, 3.05) is 0 Å². The number of rotatable bonds is 1. The van der Waals surface area contributed by atoms with Gasteiger partial charge in [0.1, 0.15) is 5.60 Å². The van der Waals surface area contributed by atoms with E-state index in [2.05, 4.69) is 22.6 Å². The summed E-state index contributed by atoms with van der Waals surface area (Å²) in [6.07, 6.45) is 2.69. The first-order valence-electron chi connectivity index (χ1n) is 5.89. The van der Waals surface area contributed by atoms with Crippen molar-refractivity contribution < 1.29 is 9.90 Å². The van der Waals surface area contributed by atoms with Crippen molar-refractivity contribution in [1.82, 2.24) is 0 Å². The van der Waals surface area contributed by atoms with Gasteiger partial charge in [0.15, 0.2) is 5.78 Å². The second kappa shape index (κ2) is 4.05. The summed E-state index contributed by atoms with van der Waals surface area (Å²) < 4.78 is 1.15. The highest BCUT2D eigenvalue weighted by molar-refractivity contribution is 14.1. The molecule has 2 atom stereocenters. The molecule has 0 aliphatic heterocycles. The zero-order valence-electron chi connectivity index (χ0n) is 10.6. The van der Waals surface area contributed by atoms with Crippen LogP contribution in [0.15, 0.2) is 31.9 Å². The van der Waals surface area contributed by atoms with Crippen LogP contribution in [-0.4, -0.2) is 16.5 Å². The fourth-order valence-corrected chi connectivity index (χ4v) is 3.83. The summed E-state index contributed by atoms with van der Waals surface area (Å²) in [6, 6.07) is 0. The molecule has 2 aliphatic rings. The van der Waals surface area contributed by atoms with Crippen LogP contribution < -0.4 is 0 Å². The van der Waals surface area contributed by atoms with Crippen LogP contribution in [0.5, 0.6) is 0 Å². The Kier molecular flexibility index (Phi) is 3.11. The molecule has 0 amide bonds. The third kappa shape index (κ3) is 1.66. The second-order valence-corrected chi connectivity index (χ2v) is 6.13. The van der Waals surface area contributed by atoms with Gasteiger partial charge in [-0.2, -0.15) is 0 Å². The number of carbonyl (C=O) groups excluding carboxylic acids is 1. The average Bonchev–Trinajstić information content (AvgIpc) is 2.53. The maximum Gasteiger partial charge on any atom is 0.195 e. The van der Waals surface area contributed by atoms with Gasteiger partial charge in [0.25, 0.3) is 0 Å². The minimum atomic E-state index is -1.25. The van der Waals surface area contributed by atoms with Crippen molar-refractivity contribution in [3.63, 3.8) is 0 Å².